The van der Waals surface area contributed by atoms with E-state index < -0.39 is 0 Å². The van der Waals surface area contributed by atoms with Gasteiger partial charge in [-0.1, -0.05) is 0 Å². The fourth-order valence-corrected chi connectivity index (χ4v) is 0. The molecule has 0 N–H and O–H groups in total. The third-order valence-corrected chi connectivity index (χ3v) is 0. The fourth-order valence-electron chi connectivity index (χ4n) is 0. The zero-order valence-electron chi connectivity index (χ0n) is 15.3. The number of rotatable bonds is 0. The van der Waals surface area contributed by atoms with Crippen LogP contribution in [-0.2, 0) is 647 Å². The third-order valence-electron chi connectivity index (χ3n) is 0. The second-order valence-corrected chi connectivity index (χ2v) is 0. The molecule has 0 fully saturated rings. The van der Waals surface area contributed by atoms with Gasteiger partial charge in [-0.15, -0.1) is 0 Å². The van der Waals surface area contributed by atoms with E-state index >= 15 is 0 Å². The van der Waals surface area contributed by atoms with Gasteiger partial charge in [0.05, 0.1) is 0 Å². The number of thiol groups is 22. The van der Waals surface area contributed by atoms with Crippen molar-refractivity contribution in [3.05, 3.63) is 0 Å². The van der Waals surface area contributed by atoms with E-state index in [1.54, 1.807) is 0 Å². The number of hydrogen-bond acceptors (Lipinski definition) is 22. The van der Waals surface area contributed by atoms with E-state index in [4.69, 9.17) is 0 Å². The minimum Gasteiger partial charge on any atom is -0.813 e. The van der Waals surface area contributed by atoms with Crippen molar-refractivity contribution >= 4 is 297 Å². The first-order valence-electron chi connectivity index (χ1n) is 0. The van der Waals surface area contributed by atoms with Crippen LogP contribution in [0.15, 0.2) is 0 Å². The molecule has 0 unspecified atom stereocenters. The van der Waals surface area contributed by atoms with Gasteiger partial charge < -0.3 is 297 Å². The van der Waals surface area contributed by atoms with E-state index in [0.29, 0.717) is 0 Å². The molecule has 0 aromatic carbocycles. The molecular formula is H22Ag10S22W6-16. The van der Waals surface area contributed by atoms with E-state index in [1.165, 1.54) is 0 Å². The van der Waals surface area contributed by atoms with Crippen molar-refractivity contribution in [1.29, 1.82) is 0 Å². The van der Waals surface area contributed by atoms with Crippen LogP contribution in [0.1, 0.15) is 0 Å². The van der Waals surface area contributed by atoms with Crippen molar-refractivity contribution < 1.29 is 350 Å². The molecule has 0 heterocycles. The van der Waals surface area contributed by atoms with E-state index in [0.717, 1.165) is 0 Å². The van der Waals surface area contributed by atoms with Crippen molar-refractivity contribution in [2.75, 3.05) is 0 Å². The molecule has 0 nitrogen and oxygen atoms in total. The summed E-state index contributed by atoms with van der Waals surface area (Å²) < 4.78 is 0. The Labute approximate surface area is 630 Å². The molecular weight excluding hydrogens is 2890 g/mol. The quantitative estimate of drug-likeness (QED) is 0.129. The average Bonchev–Trinajstić information content (AvgIpc) is 0. The van der Waals surface area contributed by atoms with Crippen LogP contribution in [0, 0.1) is 0 Å². The van der Waals surface area contributed by atoms with Gasteiger partial charge >= 0.3 is 111 Å². The van der Waals surface area contributed by atoms with Gasteiger partial charge in [0.15, 0.2) is 0 Å². The molecule has 0 saturated heterocycles. The maximum atomic E-state index is 0. The van der Waals surface area contributed by atoms with Crippen LogP contribution in [0.5, 0.6) is 0 Å². The molecule has 0 amide bonds. The SMILES string of the molecule is [Ag+].[Ag+].[Ag+].[Ag+].[Ag].[Ag].[Ag].[Ag].[Ag].[Ag].[SH-].[SH-].[SH-].[SH-].[SH-].[SH-].[SH-].[SH-].[SH-].[SH-].[SH-].[SH-].[SH-].[SH-].[SH-].[SH-].[SH-].[SH-].[SH-].[SH-].[SH-].[SH-].[W+2].[W].[W].[W].[W].[W]. The van der Waals surface area contributed by atoms with Crippen LogP contribution in [0.4, 0.5) is 0 Å². The summed E-state index contributed by atoms with van der Waals surface area (Å²) >= 11 is 0. The van der Waals surface area contributed by atoms with E-state index in [2.05, 4.69) is 0 Å². The largest absolute Gasteiger partial charge is 2.00 e. The second-order valence-electron chi connectivity index (χ2n) is 0. The summed E-state index contributed by atoms with van der Waals surface area (Å²) in [5.41, 5.74) is 0. The molecule has 38 heavy (non-hydrogen) atoms. The normalized spacial score (nSPS) is 0. The number of hydrogen-bond donors (Lipinski definition) is 0. The third kappa shape index (κ3) is 439. The van der Waals surface area contributed by atoms with Crippen LogP contribution in [0.3, 0.4) is 0 Å². The van der Waals surface area contributed by atoms with E-state index in [1.807, 2.05) is 0 Å². The Balaban J connectivity index is 0. The predicted molar refractivity (Wildman–Crippen MR) is 193 cm³/mol. The first kappa shape index (κ1) is 489. The van der Waals surface area contributed by atoms with Gasteiger partial charge in [0.1, 0.15) is 0 Å². The molecule has 316 valence electrons. The Kier molecular flexibility index (Phi) is 5970. The molecule has 6 radical (unpaired) electrons. The van der Waals surface area contributed by atoms with Gasteiger partial charge in [-0.25, -0.2) is 0 Å². The molecule has 0 aliphatic carbocycles. The molecule has 0 rings (SSSR count). The summed E-state index contributed by atoms with van der Waals surface area (Å²) in [6.07, 6.45) is 0. The minimum absolute atomic E-state index is 0. The Morgan fingerprint density at radius 3 is 0.132 bits per heavy atom. The van der Waals surface area contributed by atoms with Crippen molar-refractivity contribution in [3.8, 4) is 0 Å². The van der Waals surface area contributed by atoms with Crippen LogP contribution in [0.25, 0.3) is 0 Å². The maximum absolute atomic E-state index is 0. The Bertz CT molecular complexity index is 52.6. The predicted octanol–water partition coefficient (Wildman–Crippen LogP) is -5.98. The van der Waals surface area contributed by atoms with E-state index in [9.17, 15) is 0 Å². The van der Waals surface area contributed by atoms with Gasteiger partial charge in [0.25, 0.3) is 0 Å². The Hall–Kier alpha value is 19.2. The summed E-state index contributed by atoms with van der Waals surface area (Å²) in [6, 6.07) is 0. The summed E-state index contributed by atoms with van der Waals surface area (Å²) in [6.45, 7) is 0. The van der Waals surface area contributed by atoms with Crippen LogP contribution in [-0.4, -0.2) is 0 Å². The molecule has 0 spiro atoms. The van der Waals surface area contributed by atoms with Gasteiger partial charge in [-0.3, -0.25) is 0 Å². The molecule has 0 saturated carbocycles. The van der Waals surface area contributed by atoms with Crippen LogP contribution in [0.2, 0.25) is 0 Å². The Morgan fingerprint density at radius 1 is 0.132 bits per heavy atom. The molecule has 0 aromatic rings. The molecule has 0 atom stereocenters. The van der Waals surface area contributed by atoms with Crippen LogP contribution < -0.4 is 0 Å². The van der Waals surface area contributed by atoms with Crippen molar-refractivity contribution in [2.24, 2.45) is 0 Å². The summed E-state index contributed by atoms with van der Waals surface area (Å²) in [4.78, 5) is 0. The fraction of sp³-hybridized carbons (Fsp3) is 0. The smallest absolute Gasteiger partial charge is 0.813 e. The van der Waals surface area contributed by atoms with Crippen molar-refractivity contribution in [1.82, 2.24) is 0 Å². The summed E-state index contributed by atoms with van der Waals surface area (Å²) in [7, 11) is 0. The monoisotopic (exact) mass is 2900 g/mol. The molecule has 0 aliphatic heterocycles. The maximum Gasteiger partial charge on any atom is 2.00 e. The standard InChI is InChI=1S/10Ag.22H2S.6W/h;;;;;;;;;;22*1H2;;;;;;/q;;;;;;4*+1;;;;;;;;;;;;;;;;;;;;;;;;;;;;+2/p-22. The molecule has 38 heteroatoms. The molecule has 0 aromatic heterocycles. The van der Waals surface area contributed by atoms with Gasteiger partial charge in [0.2, 0.25) is 0 Å². The second kappa shape index (κ2) is 464. The van der Waals surface area contributed by atoms with Crippen molar-refractivity contribution in [2.45, 2.75) is 0 Å². The van der Waals surface area contributed by atoms with Gasteiger partial charge in [0, 0.05) is 240 Å². The first-order chi connectivity index (χ1) is 0. The molecule has 0 bridgehead atoms. The first-order valence-corrected chi connectivity index (χ1v) is 0. The van der Waals surface area contributed by atoms with Crippen molar-refractivity contribution in [3.63, 3.8) is 0 Å². The van der Waals surface area contributed by atoms with Gasteiger partial charge in [-0.2, -0.15) is 0 Å². The van der Waals surface area contributed by atoms with Gasteiger partial charge in [-0.05, 0) is 0 Å². The minimum atomic E-state index is 0. The van der Waals surface area contributed by atoms with E-state index in [-0.39, 0.29) is 647 Å². The summed E-state index contributed by atoms with van der Waals surface area (Å²) in [5.74, 6) is 0. The van der Waals surface area contributed by atoms with Crippen LogP contribution >= 0.6 is 0 Å². The zero-order valence-corrected chi connectivity index (χ0v) is 67.4. The average molecular weight is 2910 g/mol. The molecule has 0 aliphatic rings. The summed E-state index contributed by atoms with van der Waals surface area (Å²) in [5, 5.41) is 0. The zero-order chi connectivity index (χ0) is 0. The topological polar surface area (TPSA) is 0 Å². The Morgan fingerprint density at radius 2 is 0.132 bits per heavy atom.